The van der Waals surface area contributed by atoms with E-state index in [-0.39, 0.29) is 6.61 Å². The van der Waals surface area contributed by atoms with E-state index in [4.69, 9.17) is 5.11 Å². The second-order valence-corrected chi connectivity index (χ2v) is 3.21. The van der Waals surface area contributed by atoms with Crippen molar-refractivity contribution < 1.29 is 9.90 Å². The Balaban J connectivity index is 2.68. The van der Waals surface area contributed by atoms with Gasteiger partial charge in [-0.25, -0.2) is 0 Å². The van der Waals surface area contributed by atoms with Crippen LogP contribution >= 0.6 is 0 Å². The fourth-order valence-electron chi connectivity index (χ4n) is 1.28. The highest BCUT2D eigenvalue weighted by Crippen LogP contribution is 2.27. The third-order valence-electron chi connectivity index (χ3n) is 2.08. The van der Waals surface area contributed by atoms with Crippen molar-refractivity contribution in [2.75, 3.05) is 6.61 Å². The molecule has 0 aliphatic carbocycles. The van der Waals surface area contributed by atoms with Gasteiger partial charge in [0.2, 0.25) is 0 Å². The van der Waals surface area contributed by atoms with Crippen LogP contribution in [-0.4, -0.2) is 23.5 Å². The minimum atomic E-state index is -0.784. The fraction of sp³-hybridized carbons (Fsp3) is 0.667. The minimum absolute atomic E-state index is 0.148. The van der Waals surface area contributed by atoms with Gasteiger partial charge in [0.05, 0.1) is 12.3 Å². The Morgan fingerprint density at radius 2 is 2.46 bits per heavy atom. The molecule has 0 saturated heterocycles. The van der Waals surface area contributed by atoms with Gasteiger partial charge >= 0.3 is 0 Å². The van der Waals surface area contributed by atoms with E-state index >= 15 is 0 Å². The number of unbranched alkanes of at least 4 members (excludes halogenated alkanes) is 1. The van der Waals surface area contributed by atoms with Gasteiger partial charge < -0.3 is 9.90 Å². The van der Waals surface area contributed by atoms with Crippen LogP contribution < -0.4 is 0 Å². The van der Waals surface area contributed by atoms with Crippen LogP contribution in [0.4, 0.5) is 0 Å². The number of carbonyl (C=O) groups excluding carboxylic acids is 1. The predicted octanol–water partition coefficient (Wildman–Crippen LogP) is 1.46. The lowest BCUT2D eigenvalue weighted by Crippen LogP contribution is -2.23. The summed E-state index contributed by atoms with van der Waals surface area (Å²) in [6.07, 6.45) is 5.09. The Morgan fingerprint density at radius 1 is 1.69 bits per heavy atom. The molecule has 4 heteroatoms. The summed E-state index contributed by atoms with van der Waals surface area (Å²) in [5.74, 6) is 0. The van der Waals surface area contributed by atoms with E-state index in [0.29, 0.717) is 12.1 Å². The van der Waals surface area contributed by atoms with Gasteiger partial charge in [0.1, 0.15) is 0 Å². The Kier molecular flexibility index (Phi) is 3.31. The molecular formula is C9H14N2O2. The second-order valence-electron chi connectivity index (χ2n) is 3.21. The molecule has 0 aromatic rings. The average Bonchev–Trinajstić information content (AvgIpc) is 2.59. The first-order valence-electron chi connectivity index (χ1n) is 4.48. The molecule has 0 saturated carbocycles. The normalized spacial score (nSPS) is 26.2. The van der Waals surface area contributed by atoms with Gasteiger partial charge in [-0.05, 0) is 12.5 Å². The molecule has 1 rings (SSSR count). The summed E-state index contributed by atoms with van der Waals surface area (Å²) in [7, 11) is 0. The summed E-state index contributed by atoms with van der Waals surface area (Å²) in [5.41, 5.74) is -0.295. The number of aliphatic hydroxyl groups excluding tert-OH is 1. The monoisotopic (exact) mass is 182 g/mol. The molecule has 13 heavy (non-hydrogen) atoms. The van der Waals surface area contributed by atoms with Gasteiger partial charge in [0, 0.05) is 0 Å². The average molecular weight is 182 g/mol. The maximum Gasteiger partial charge on any atom is 0.157 e. The fourth-order valence-corrected chi connectivity index (χ4v) is 1.28. The van der Waals surface area contributed by atoms with Gasteiger partial charge in [-0.2, -0.15) is 10.2 Å². The zero-order valence-corrected chi connectivity index (χ0v) is 7.73. The van der Waals surface area contributed by atoms with Crippen LogP contribution in [0, 0.1) is 0 Å². The van der Waals surface area contributed by atoms with Crippen molar-refractivity contribution in [2.45, 2.75) is 31.7 Å². The zero-order chi connectivity index (χ0) is 9.73. The van der Waals surface area contributed by atoms with Crippen LogP contribution in [0.15, 0.2) is 22.0 Å². The number of nitrogens with zero attached hydrogens (tertiary/aromatic N) is 2. The van der Waals surface area contributed by atoms with E-state index in [1.165, 1.54) is 0 Å². The van der Waals surface area contributed by atoms with E-state index in [0.717, 1.165) is 19.1 Å². The van der Waals surface area contributed by atoms with Crippen molar-refractivity contribution in [3.05, 3.63) is 11.8 Å². The molecule has 0 radical (unpaired) electrons. The first-order chi connectivity index (χ1) is 6.26. The number of azo groups is 1. The van der Waals surface area contributed by atoms with E-state index < -0.39 is 5.54 Å². The molecule has 0 amide bonds. The number of aliphatic hydroxyl groups is 1. The highest BCUT2D eigenvalue weighted by molar-refractivity contribution is 5.69. The van der Waals surface area contributed by atoms with Gasteiger partial charge in [-0.15, -0.1) is 0 Å². The number of carbonyl (C=O) groups is 1. The second kappa shape index (κ2) is 4.28. The van der Waals surface area contributed by atoms with Crippen molar-refractivity contribution in [1.82, 2.24) is 0 Å². The van der Waals surface area contributed by atoms with Crippen LogP contribution in [0.3, 0.4) is 0 Å². The van der Waals surface area contributed by atoms with Gasteiger partial charge in [-0.3, -0.25) is 0 Å². The molecule has 1 heterocycles. The summed E-state index contributed by atoms with van der Waals surface area (Å²) >= 11 is 0. The molecule has 1 unspecified atom stereocenters. The molecule has 0 spiro atoms. The molecular weight excluding hydrogens is 168 g/mol. The van der Waals surface area contributed by atoms with E-state index in [1.54, 1.807) is 6.08 Å². The van der Waals surface area contributed by atoms with Crippen molar-refractivity contribution >= 4 is 6.29 Å². The first-order valence-corrected chi connectivity index (χ1v) is 4.48. The summed E-state index contributed by atoms with van der Waals surface area (Å²) in [5, 5.41) is 16.4. The molecule has 1 N–H and O–H groups in total. The SMILES string of the molecule is CCCCC1(C=O)C=C(CO)N=N1. The molecule has 0 aromatic heterocycles. The van der Waals surface area contributed by atoms with Crippen LogP contribution in [-0.2, 0) is 4.79 Å². The van der Waals surface area contributed by atoms with Crippen LogP contribution in [0.2, 0.25) is 0 Å². The van der Waals surface area contributed by atoms with Crippen molar-refractivity contribution in [2.24, 2.45) is 10.2 Å². The predicted molar refractivity (Wildman–Crippen MR) is 48.3 cm³/mol. The molecule has 1 aliphatic heterocycles. The quantitative estimate of drug-likeness (QED) is 0.654. The number of aldehydes is 1. The van der Waals surface area contributed by atoms with Crippen molar-refractivity contribution in [1.29, 1.82) is 0 Å². The lowest BCUT2D eigenvalue weighted by atomic mass is 9.95. The van der Waals surface area contributed by atoms with E-state index in [9.17, 15) is 4.79 Å². The Hall–Kier alpha value is -1.03. The molecule has 1 atom stereocenters. The first kappa shape index (κ1) is 10.1. The van der Waals surface area contributed by atoms with E-state index in [2.05, 4.69) is 17.2 Å². The van der Waals surface area contributed by atoms with Crippen molar-refractivity contribution in [3.63, 3.8) is 0 Å². The zero-order valence-electron chi connectivity index (χ0n) is 7.73. The summed E-state index contributed by atoms with van der Waals surface area (Å²) in [4.78, 5) is 10.8. The molecule has 1 aliphatic rings. The van der Waals surface area contributed by atoms with Crippen LogP contribution in [0.1, 0.15) is 26.2 Å². The van der Waals surface area contributed by atoms with Gasteiger partial charge in [-0.1, -0.05) is 19.8 Å². The lowest BCUT2D eigenvalue weighted by molar-refractivity contribution is -0.111. The summed E-state index contributed by atoms with van der Waals surface area (Å²) < 4.78 is 0. The third-order valence-corrected chi connectivity index (χ3v) is 2.08. The lowest BCUT2D eigenvalue weighted by Gasteiger charge is -2.13. The molecule has 72 valence electrons. The smallest absolute Gasteiger partial charge is 0.157 e. The largest absolute Gasteiger partial charge is 0.390 e. The minimum Gasteiger partial charge on any atom is -0.390 e. The highest BCUT2D eigenvalue weighted by atomic mass is 16.3. The molecule has 0 aromatic carbocycles. The third kappa shape index (κ3) is 2.21. The topological polar surface area (TPSA) is 62.0 Å². The summed E-state index contributed by atoms with van der Waals surface area (Å²) in [6, 6.07) is 0. The number of hydrogen-bond acceptors (Lipinski definition) is 4. The number of hydrogen-bond donors (Lipinski definition) is 1. The highest BCUT2D eigenvalue weighted by Gasteiger charge is 2.30. The van der Waals surface area contributed by atoms with Crippen LogP contribution in [0.5, 0.6) is 0 Å². The number of rotatable bonds is 5. The van der Waals surface area contributed by atoms with Gasteiger partial charge in [0.15, 0.2) is 11.8 Å². The van der Waals surface area contributed by atoms with Crippen LogP contribution in [0.25, 0.3) is 0 Å². The molecule has 0 fully saturated rings. The Morgan fingerprint density at radius 3 is 2.92 bits per heavy atom. The molecule has 0 bridgehead atoms. The van der Waals surface area contributed by atoms with Crippen molar-refractivity contribution in [3.8, 4) is 0 Å². The van der Waals surface area contributed by atoms with E-state index in [1.807, 2.05) is 0 Å². The maximum absolute atomic E-state index is 10.8. The Bertz CT molecular complexity index is 248. The summed E-state index contributed by atoms with van der Waals surface area (Å²) in [6.45, 7) is 1.91. The van der Waals surface area contributed by atoms with Gasteiger partial charge in [0.25, 0.3) is 0 Å². The molecule has 4 nitrogen and oxygen atoms in total. The maximum atomic E-state index is 10.8. The Labute approximate surface area is 77.4 Å². The standard InChI is InChI=1S/C9H14N2O2/c1-2-3-4-9(7-13)5-8(6-12)10-11-9/h5,7,12H,2-4,6H2,1H3.